The van der Waals surface area contributed by atoms with E-state index < -0.39 is 0 Å². The molecule has 4 rings (SSSR count). The van der Waals surface area contributed by atoms with Crippen molar-refractivity contribution in [1.29, 1.82) is 0 Å². The summed E-state index contributed by atoms with van der Waals surface area (Å²) < 4.78 is 1.82. The molecule has 1 aromatic heterocycles. The number of nitrogens with zero attached hydrogens (tertiary/aromatic N) is 3. The molecule has 0 spiro atoms. The zero-order chi connectivity index (χ0) is 20.2. The summed E-state index contributed by atoms with van der Waals surface area (Å²) in [6, 6.07) is 18.2. The van der Waals surface area contributed by atoms with Gasteiger partial charge in [-0.3, -0.25) is 4.79 Å². The molecule has 5 nitrogen and oxygen atoms in total. The topological polar surface area (TPSA) is 42.6 Å². The van der Waals surface area contributed by atoms with Gasteiger partial charge in [0.1, 0.15) is 5.69 Å². The van der Waals surface area contributed by atoms with Crippen molar-refractivity contribution in [2.45, 2.75) is 20.3 Å². The Morgan fingerprint density at radius 1 is 1.07 bits per heavy atom. The van der Waals surface area contributed by atoms with Crippen molar-refractivity contribution in [1.82, 2.24) is 14.7 Å². The van der Waals surface area contributed by atoms with Crippen LogP contribution in [0, 0.1) is 6.92 Å². The average molecular weight is 390 g/mol. The molecule has 3 aromatic rings. The molecule has 0 atom stereocenters. The van der Waals surface area contributed by atoms with Crippen molar-refractivity contribution in [3.8, 4) is 16.9 Å². The first-order valence-corrected chi connectivity index (χ1v) is 10.5. The van der Waals surface area contributed by atoms with Crippen LogP contribution in [-0.4, -0.2) is 53.3 Å². The molecular weight excluding hydrogens is 360 g/mol. The van der Waals surface area contributed by atoms with Gasteiger partial charge in [0.25, 0.3) is 5.91 Å². The van der Waals surface area contributed by atoms with Gasteiger partial charge in [0.15, 0.2) is 0 Å². The summed E-state index contributed by atoms with van der Waals surface area (Å²) in [5.74, 6) is 0.0826. The Morgan fingerprint density at radius 2 is 1.83 bits per heavy atom. The predicted octanol–water partition coefficient (Wildman–Crippen LogP) is 2.60. The number of amides is 1. The Morgan fingerprint density at radius 3 is 2.52 bits per heavy atom. The molecule has 0 aliphatic carbocycles. The van der Waals surface area contributed by atoms with E-state index in [0.29, 0.717) is 5.56 Å². The number of benzene rings is 2. The van der Waals surface area contributed by atoms with Crippen LogP contribution in [0.3, 0.4) is 0 Å². The highest BCUT2D eigenvalue weighted by Crippen LogP contribution is 2.26. The molecular formula is C24H29N4O+. The van der Waals surface area contributed by atoms with Crippen molar-refractivity contribution in [2.75, 3.05) is 32.7 Å². The lowest BCUT2D eigenvalue weighted by Crippen LogP contribution is -3.14. The van der Waals surface area contributed by atoms with E-state index in [4.69, 9.17) is 5.10 Å². The third-order valence-electron chi connectivity index (χ3n) is 5.62. The van der Waals surface area contributed by atoms with E-state index in [2.05, 4.69) is 26.0 Å². The molecule has 1 fully saturated rings. The van der Waals surface area contributed by atoms with Crippen LogP contribution in [0.15, 0.2) is 60.8 Å². The fraction of sp³-hybridized carbons (Fsp3) is 0.333. The maximum Gasteiger partial charge on any atom is 0.258 e. The van der Waals surface area contributed by atoms with Gasteiger partial charge in [-0.2, -0.15) is 5.10 Å². The summed E-state index contributed by atoms with van der Waals surface area (Å²) >= 11 is 0. The SMILES string of the molecule is CCC[NH+]1CCN(C(=O)c2cn(-c3ccccc3)nc2-c2cccc(C)c2)CC1. The molecule has 0 radical (unpaired) electrons. The second kappa shape index (κ2) is 8.62. The summed E-state index contributed by atoms with van der Waals surface area (Å²) in [5.41, 5.74) is 4.53. The minimum atomic E-state index is 0.0826. The number of quaternary nitrogens is 1. The van der Waals surface area contributed by atoms with Crippen molar-refractivity contribution < 1.29 is 9.69 Å². The summed E-state index contributed by atoms with van der Waals surface area (Å²) in [6.45, 7) is 9.11. The molecule has 150 valence electrons. The van der Waals surface area contributed by atoms with Gasteiger partial charge < -0.3 is 9.80 Å². The molecule has 1 amide bonds. The monoisotopic (exact) mass is 389 g/mol. The highest BCUT2D eigenvalue weighted by Gasteiger charge is 2.28. The number of nitrogens with one attached hydrogen (secondary N) is 1. The number of para-hydroxylation sites is 1. The summed E-state index contributed by atoms with van der Waals surface area (Å²) in [5, 5.41) is 4.82. The van der Waals surface area contributed by atoms with Gasteiger partial charge in [-0.15, -0.1) is 0 Å². The third kappa shape index (κ3) is 4.25. The van der Waals surface area contributed by atoms with Crippen molar-refractivity contribution in [3.63, 3.8) is 0 Å². The number of hydrogen-bond donors (Lipinski definition) is 1. The van der Waals surface area contributed by atoms with Crippen LogP contribution in [-0.2, 0) is 0 Å². The lowest BCUT2D eigenvalue weighted by Gasteiger charge is -2.32. The second-order valence-electron chi connectivity index (χ2n) is 7.83. The van der Waals surface area contributed by atoms with Gasteiger partial charge in [0, 0.05) is 11.8 Å². The fourth-order valence-electron chi connectivity index (χ4n) is 4.05. The minimum absolute atomic E-state index is 0.0826. The van der Waals surface area contributed by atoms with Gasteiger partial charge in [0.05, 0.1) is 44.0 Å². The van der Waals surface area contributed by atoms with Crippen LogP contribution in [0.4, 0.5) is 0 Å². The molecule has 1 saturated heterocycles. The molecule has 0 bridgehead atoms. The normalized spacial score (nSPS) is 14.9. The lowest BCUT2D eigenvalue weighted by molar-refractivity contribution is -0.904. The molecule has 1 N–H and O–H groups in total. The van der Waals surface area contributed by atoms with Crippen LogP contribution in [0.5, 0.6) is 0 Å². The van der Waals surface area contributed by atoms with Crippen molar-refractivity contribution in [3.05, 3.63) is 71.9 Å². The molecule has 0 saturated carbocycles. The van der Waals surface area contributed by atoms with E-state index in [1.54, 1.807) is 4.90 Å². The number of piperazine rings is 1. The highest BCUT2D eigenvalue weighted by molar-refractivity contribution is 6.00. The molecule has 2 aromatic carbocycles. The molecule has 0 unspecified atom stereocenters. The first-order chi connectivity index (χ1) is 14.2. The number of aromatic nitrogens is 2. The predicted molar refractivity (Wildman–Crippen MR) is 115 cm³/mol. The molecule has 1 aliphatic heterocycles. The van der Waals surface area contributed by atoms with E-state index in [1.807, 2.05) is 58.2 Å². The number of rotatable bonds is 5. The number of hydrogen-bond acceptors (Lipinski definition) is 2. The summed E-state index contributed by atoms with van der Waals surface area (Å²) in [6.07, 6.45) is 3.07. The molecule has 1 aliphatic rings. The highest BCUT2D eigenvalue weighted by atomic mass is 16.2. The van der Waals surface area contributed by atoms with E-state index in [9.17, 15) is 4.79 Å². The Labute approximate surface area is 172 Å². The van der Waals surface area contributed by atoms with E-state index >= 15 is 0 Å². The van der Waals surface area contributed by atoms with Crippen LogP contribution in [0.25, 0.3) is 16.9 Å². The number of carbonyl (C=O) groups is 1. The maximum atomic E-state index is 13.5. The van der Waals surface area contributed by atoms with E-state index in [0.717, 1.165) is 48.7 Å². The number of carbonyl (C=O) groups excluding carboxylic acids is 1. The Balaban J connectivity index is 1.68. The van der Waals surface area contributed by atoms with Gasteiger partial charge in [-0.1, -0.05) is 48.9 Å². The zero-order valence-corrected chi connectivity index (χ0v) is 17.3. The van der Waals surface area contributed by atoms with Gasteiger partial charge >= 0.3 is 0 Å². The molecule has 5 heteroatoms. The molecule has 29 heavy (non-hydrogen) atoms. The third-order valence-corrected chi connectivity index (χ3v) is 5.62. The second-order valence-corrected chi connectivity index (χ2v) is 7.83. The van der Waals surface area contributed by atoms with Crippen LogP contribution in [0.2, 0.25) is 0 Å². The lowest BCUT2D eigenvalue weighted by atomic mass is 10.0. The smallest absolute Gasteiger partial charge is 0.258 e. The summed E-state index contributed by atoms with van der Waals surface area (Å²) in [4.78, 5) is 17.0. The summed E-state index contributed by atoms with van der Waals surface area (Å²) in [7, 11) is 0. The average Bonchev–Trinajstić information content (AvgIpc) is 3.20. The maximum absolute atomic E-state index is 13.5. The first kappa shape index (κ1) is 19.4. The van der Waals surface area contributed by atoms with Crippen LogP contribution < -0.4 is 4.90 Å². The largest absolute Gasteiger partial charge is 0.332 e. The van der Waals surface area contributed by atoms with Gasteiger partial charge in [-0.25, -0.2) is 4.68 Å². The van der Waals surface area contributed by atoms with E-state index in [1.165, 1.54) is 13.0 Å². The first-order valence-electron chi connectivity index (χ1n) is 10.5. The standard InChI is InChI=1S/C24H28N4O/c1-3-12-26-13-15-27(16-14-26)24(29)22-18-28(21-10-5-4-6-11-21)25-23(22)20-9-7-8-19(2)17-20/h4-11,17-18H,3,12-16H2,1-2H3/p+1. The minimum Gasteiger partial charge on any atom is -0.332 e. The Hall–Kier alpha value is -2.92. The zero-order valence-electron chi connectivity index (χ0n) is 17.3. The van der Waals surface area contributed by atoms with Crippen molar-refractivity contribution >= 4 is 5.91 Å². The molecule has 2 heterocycles. The number of aryl methyl sites for hydroxylation is 1. The Kier molecular flexibility index (Phi) is 5.76. The fourth-order valence-corrected chi connectivity index (χ4v) is 4.05. The van der Waals surface area contributed by atoms with Gasteiger partial charge in [0.2, 0.25) is 0 Å². The Bertz CT molecular complexity index is 972. The quantitative estimate of drug-likeness (QED) is 0.729. The van der Waals surface area contributed by atoms with E-state index in [-0.39, 0.29) is 5.91 Å². The van der Waals surface area contributed by atoms with Gasteiger partial charge in [-0.05, 0) is 31.5 Å². The van der Waals surface area contributed by atoms with Crippen LogP contribution >= 0.6 is 0 Å². The van der Waals surface area contributed by atoms with Crippen molar-refractivity contribution in [2.24, 2.45) is 0 Å². The van der Waals surface area contributed by atoms with Crippen LogP contribution in [0.1, 0.15) is 29.3 Å².